The highest BCUT2D eigenvalue weighted by atomic mass is 19.4. The molecule has 1 aliphatic heterocycles. The maximum atomic E-state index is 12.8. The standard InChI is InChI=1S/C15H18F3NO2/c1-3-19-12(6-9(2)14(20)21)8-10-7-11(15(16,17)18)4-5-13(10)19/h4-5,7,9,12H,3,6,8H2,1-2H3,(H,20,21). The van der Waals surface area contributed by atoms with Crippen LogP contribution in [0.4, 0.5) is 18.9 Å². The quantitative estimate of drug-likeness (QED) is 0.924. The van der Waals surface area contributed by atoms with E-state index < -0.39 is 23.6 Å². The summed E-state index contributed by atoms with van der Waals surface area (Å²) < 4.78 is 38.3. The van der Waals surface area contributed by atoms with Crippen LogP contribution < -0.4 is 4.90 Å². The maximum absolute atomic E-state index is 12.8. The largest absolute Gasteiger partial charge is 0.481 e. The molecule has 0 aliphatic carbocycles. The number of aliphatic carboxylic acids is 1. The maximum Gasteiger partial charge on any atom is 0.416 e. The minimum atomic E-state index is -4.35. The van der Waals surface area contributed by atoms with Crippen molar-refractivity contribution in [2.24, 2.45) is 5.92 Å². The Hall–Kier alpha value is -1.72. The molecule has 2 unspecified atom stereocenters. The van der Waals surface area contributed by atoms with Crippen molar-refractivity contribution in [3.63, 3.8) is 0 Å². The Bertz CT molecular complexity index is 542. The molecule has 21 heavy (non-hydrogen) atoms. The number of hydrogen-bond donors (Lipinski definition) is 1. The van der Waals surface area contributed by atoms with E-state index in [0.29, 0.717) is 24.9 Å². The first kappa shape index (κ1) is 15.7. The molecule has 0 bridgehead atoms. The van der Waals surface area contributed by atoms with Crippen LogP contribution in [0.5, 0.6) is 0 Å². The fourth-order valence-electron chi connectivity index (χ4n) is 2.91. The molecule has 6 heteroatoms. The summed E-state index contributed by atoms with van der Waals surface area (Å²) in [5.74, 6) is -1.39. The molecular formula is C15H18F3NO2. The first-order chi connectivity index (χ1) is 9.74. The Morgan fingerprint density at radius 3 is 2.67 bits per heavy atom. The molecular weight excluding hydrogens is 283 g/mol. The minimum Gasteiger partial charge on any atom is -0.481 e. The lowest BCUT2D eigenvalue weighted by Crippen LogP contribution is -2.34. The number of fused-ring (bicyclic) bond motifs is 1. The number of carboxylic acid groups (broad SMARTS) is 1. The topological polar surface area (TPSA) is 40.5 Å². The first-order valence-corrected chi connectivity index (χ1v) is 6.93. The fraction of sp³-hybridized carbons (Fsp3) is 0.533. The van der Waals surface area contributed by atoms with Gasteiger partial charge in [0.15, 0.2) is 0 Å². The summed E-state index contributed by atoms with van der Waals surface area (Å²) in [7, 11) is 0. The van der Waals surface area contributed by atoms with Gasteiger partial charge in [-0.2, -0.15) is 13.2 Å². The van der Waals surface area contributed by atoms with Crippen LogP contribution in [0.15, 0.2) is 18.2 Å². The number of carboxylic acids is 1. The number of hydrogen-bond acceptors (Lipinski definition) is 2. The second kappa shape index (κ2) is 5.58. The summed E-state index contributed by atoms with van der Waals surface area (Å²) in [5.41, 5.74) is 0.784. The minimum absolute atomic E-state index is 0.0559. The molecule has 2 atom stereocenters. The zero-order chi connectivity index (χ0) is 15.8. The van der Waals surface area contributed by atoms with Crippen LogP contribution in [-0.4, -0.2) is 23.7 Å². The third-order valence-electron chi connectivity index (χ3n) is 4.00. The smallest absolute Gasteiger partial charge is 0.416 e. The predicted molar refractivity (Wildman–Crippen MR) is 73.4 cm³/mol. The van der Waals surface area contributed by atoms with Gasteiger partial charge in [-0.05, 0) is 43.5 Å². The van der Waals surface area contributed by atoms with Crippen LogP contribution in [0.3, 0.4) is 0 Å². The lowest BCUT2D eigenvalue weighted by atomic mass is 9.98. The highest BCUT2D eigenvalue weighted by Gasteiger charge is 2.35. The van der Waals surface area contributed by atoms with Gasteiger partial charge in [-0.25, -0.2) is 0 Å². The fourth-order valence-corrected chi connectivity index (χ4v) is 2.91. The van der Waals surface area contributed by atoms with Crippen molar-refractivity contribution in [3.05, 3.63) is 29.3 Å². The zero-order valence-electron chi connectivity index (χ0n) is 11.9. The molecule has 0 fully saturated rings. The van der Waals surface area contributed by atoms with Crippen molar-refractivity contribution in [3.8, 4) is 0 Å². The van der Waals surface area contributed by atoms with Gasteiger partial charge in [0, 0.05) is 18.3 Å². The van der Waals surface area contributed by atoms with E-state index in [-0.39, 0.29) is 6.04 Å². The molecule has 0 saturated heterocycles. The zero-order valence-corrected chi connectivity index (χ0v) is 11.9. The second-order valence-corrected chi connectivity index (χ2v) is 5.46. The van der Waals surface area contributed by atoms with Gasteiger partial charge < -0.3 is 10.0 Å². The molecule has 1 aromatic rings. The number of anilines is 1. The Morgan fingerprint density at radius 1 is 1.48 bits per heavy atom. The summed E-state index contributed by atoms with van der Waals surface area (Å²) in [6.45, 7) is 4.20. The molecule has 0 aromatic heterocycles. The predicted octanol–water partition coefficient (Wildman–Crippen LogP) is 3.57. The number of benzene rings is 1. The van der Waals surface area contributed by atoms with E-state index in [1.54, 1.807) is 6.92 Å². The molecule has 1 aliphatic rings. The Labute approximate surface area is 121 Å². The van der Waals surface area contributed by atoms with Crippen LogP contribution in [0.1, 0.15) is 31.4 Å². The van der Waals surface area contributed by atoms with E-state index in [1.807, 2.05) is 11.8 Å². The van der Waals surface area contributed by atoms with E-state index >= 15 is 0 Å². The third-order valence-corrected chi connectivity index (χ3v) is 4.00. The Balaban J connectivity index is 2.26. The lowest BCUT2D eigenvalue weighted by molar-refractivity contribution is -0.141. The molecule has 1 N–H and O–H groups in total. The van der Waals surface area contributed by atoms with E-state index in [2.05, 4.69) is 0 Å². The number of rotatable bonds is 4. The number of likely N-dealkylation sites (N-methyl/N-ethyl adjacent to an activating group) is 1. The van der Waals surface area contributed by atoms with Crippen molar-refractivity contribution in [2.75, 3.05) is 11.4 Å². The van der Waals surface area contributed by atoms with Crippen LogP contribution in [0.2, 0.25) is 0 Å². The molecule has 1 aromatic carbocycles. The van der Waals surface area contributed by atoms with Gasteiger partial charge in [-0.3, -0.25) is 4.79 Å². The van der Waals surface area contributed by atoms with E-state index in [4.69, 9.17) is 5.11 Å². The number of carbonyl (C=O) groups is 1. The third kappa shape index (κ3) is 3.14. The molecule has 0 saturated carbocycles. The molecule has 3 nitrogen and oxygen atoms in total. The number of nitrogens with zero attached hydrogens (tertiary/aromatic N) is 1. The van der Waals surface area contributed by atoms with Crippen molar-refractivity contribution < 1.29 is 23.1 Å². The lowest BCUT2D eigenvalue weighted by Gasteiger charge is -2.27. The highest BCUT2D eigenvalue weighted by molar-refractivity contribution is 5.70. The van der Waals surface area contributed by atoms with Gasteiger partial charge >= 0.3 is 12.1 Å². The van der Waals surface area contributed by atoms with Gasteiger partial charge in [-0.1, -0.05) is 6.92 Å². The molecule has 0 radical (unpaired) electrons. The van der Waals surface area contributed by atoms with Gasteiger partial charge in [-0.15, -0.1) is 0 Å². The average molecular weight is 301 g/mol. The first-order valence-electron chi connectivity index (χ1n) is 6.93. The molecule has 1 heterocycles. The number of alkyl halides is 3. The number of halogens is 3. The van der Waals surface area contributed by atoms with Crippen LogP contribution in [-0.2, 0) is 17.4 Å². The summed E-state index contributed by atoms with van der Waals surface area (Å²) in [4.78, 5) is 13.0. The van der Waals surface area contributed by atoms with E-state index in [1.165, 1.54) is 12.1 Å². The van der Waals surface area contributed by atoms with Crippen LogP contribution >= 0.6 is 0 Å². The van der Waals surface area contributed by atoms with Gasteiger partial charge in [0.1, 0.15) is 0 Å². The SMILES string of the molecule is CCN1c2ccc(C(F)(F)F)cc2CC1CC(C)C(=O)O. The Kier molecular flexibility index (Phi) is 4.16. The van der Waals surface area contributed by atoms with Crippen LogP contribution in [0, 0.1) is 5.92 Å². The summed E-state index contributed by atoms with van der Waals surface area (Å²) in [5, 5.41) is 9.00. The normalized spacial score (nSPS) is 19.5. The van der Waals surface area contributed by atoms with Crippen molar-refractivity contribution in [1.82, 2.24) is 0 Å². The summed E-state index contributed by atoms with van der Waals surface area (Å²) >= 11 is 0. The molecule has 0 amide bonds. The van der Waals surface area contributed by atoms with E-state index in [0.717, 1.165) is 11.8 Å². The van der Waals surface area contributed by atoms with Crippen molar-refractivity contribution >= 4 is 11.7 Å². The van der Waals surface area contributed by atoms with Crippen molar-refractivity contribution in [1.29, 1.82) is 0 Å². The second-order valence-electron chi connectivity index (χ2n) is 5.46. The van der Waals surface area contributed by atoms with Gasteiger partial charge in [0.25, 0.3) is 0 Å². The monoisotopic (exact) mass is 301 g/mol. The summed E-state index contributed by atoms with van der Waals surface area (Å²) in [6.07, 6.45) is -3.46. The van der Waals surface area contributed by atoms with Crippen molar-refractivity contribution in [2.45, 2.75) is 38.9 Å². The highest BCUT2D eigenvalue weighted by Crippen LogP contribution is 2.38. The summed E-state index contributed by atoms with van der Waals surface area (Å²) in [6, 6.07) is 3.71. The Morgan fingerprint density at radius 2 is 2.14 bits per heavy atom. The molecule has 116 valence electrons. The van der Waals surface area contributed by atoms with Gasteiger partial charge in [0.05, 0.1) is 11.5 Å². The molecule has 2 rings (SSSR count). The van der Waals surface area contributed by atoms with Crippen LogP contribution in [0.25, 0.3) is 0 Å². The van der Waals surface area contributed by atoms with E-state index in [9.17, 15) is 18.0 Å². The molecule has 0 spiro atoms. The van der Waals surface area contributed by atoms with Gasteiger partial charge in [0.2, 0.25) is 0 Å². The average Bonchev–Trinajstić information content (AvgIpc) is 2.73.